The molecule has 3 amide bonds. The van der Waals surface area contributed by atoms with Gasteiger partial charge in [-0.1, -0.05) is 31.7 Å². The molecule has 8 nitrogen and oxygen atoms in total. The van der Waals surface area contributed by atoms with Crippen LogP contribution in [-0.2, 0) is 0 Å². The van der Waals surface area contributed by atoms with Gasteiger partial charge >= 0.3 is 0 Å². The highest BCUT2D eigenvalue weighted by molar-refractivity contribution is 7.12. The van der Waals surface area contributed by atoms with Crippen LogP contribution in [0, 0.1) is 0 Å². The molecule has 3 heterocycles. The fraction of sp³-hybridized carbons (Fsp3) is 0.538. The molecular weight excluding hydrogens is 464 g/mol. The van der Waals surface area contributed by atoms with Crippen LogP contribution in [0.2, 0.25) is 0 Å². The molecule has 2 aromatic rings. The van der Waals surface area contributed by atoms with Crippen LogP contribution in [0.15, 0.2) is 34.7 Å². The van der Waals surface area contributed by atoms with Gasteiger partial charge in [-0.3, -0.25) is 19.2 Å². The molecule has 188 valence electrons. The third kappa shape index (κ3) is 5.83. The topological polar surface area (TPSA) is 91.7 Å². The Morgan fingerprint density at radius 2 is 1.51 bits per heavy atom. The van der Waals surface area contributed by atoms with E-state index in [0.29, 0.717) is 31.1 Å². The van der Waals surface area contributed by atoms with Gasteiger partial charge in [-0.25, -0.2) is 0 Å². The van der Waals surface area contributed by atoms with Crippen molar-refractivity contribution in [3.05, 3.63) is 56.1 Å². The van der Waals surface area contributed by atoms with Crippen molar-refractivity contribution >= 4 is 29.1 Å². The quantitative estimate of drug-likeness (QED) is 0.639. The molecule has 2 aliphatic rings. The normalized spacial score (nSPS) is 17.3. The summed E-state index contributed by atoms with van der Waals surface area (Å²) in [4.78, 5) is 56.5. The monoisotopic (exact) mass is 498 g/mol. The Morgan fingerprint density at radius 1 is 0.914 bits per heavy atom. The molecular formula is C26H34N4O4S. The molecule has 2 fully saturated rings. The largest absolute Gasteiger partial charge is 0.350 e. The molecule has 35 heavy (non-hydrogen) atoms. The first-order chi connectivity index (χ1) is 16.8. The van der Waals surface area contributed by atoms with Crippen molar-refractivity contribution in [2.75, 3.05) is 26.2 Å². The molecule has 2 aromatic heterocycles. The summed E-state index contributed by atoms with van der Waals surface area (Å²) < 4.78 is 1.76. The lowest BCUT2D eigenvalue weighted by atomic mass is 10.1. The summed E-state index contributed by atoms with van der Waals surface area (Å²) in [6, 6.07) is 3.68. The molecule has 0 radical (unpaired) electrons. The summed E-state index contributed by atoms with van der Waals surface area (Å²) >= 11 is 1.40. The number of piperazine rings is 1. The Labute approximate surface area is 209 Å². The molecule has 0 unspecified atom stereocenters. The number of aromatic nitrogens is 1. The number of pyridine rings is 1. The number of carbonyl (C=O) groups is 3. The second kappa shape index (κ2) is 11.2. The predicted octanol–water partition coefficient (Wildman–Crippen LogP) is 3.54. The van der Waals surface area contributed by atoms with E-state index in [9.17, 15) is 19.2 Å². The predicted molar refractivity (Wildman–Crippen MR) is 136 cm³/mol. The Hall–Kier alpha value is -2.94. The average molecular weight is 499 g/mol. The Bertz CT molecular complexity index is 1110. The molecule has 4 rings (SSSR count). The van der Waals surface area contributed by atoms with Crippen LogP contribution in [0.3, 0.4) is 0 Å². The van der Waals surface area contributed by atoms with E-state index in [0.717, 1.165) is 25.7 Å². The minimum Gasteiger partial charge on any atom is -0.350 e. The van der Waals surface area contributed by atoms with Crippen LogP contribution in [0.25, 0.3) is 0 Å². The molecule has 0 aromatic carbocycles. The molecule has 1 aliphatic carbocycles. The number of rotatable bonds is 5. The number of amides is 3. The number of carbonyl (C=O) groups excluding carboxylic acids is 3. The number of hydrogen-bond acceptors (Lipinski definition) is 5. The Kier molecular flexibility index (Phi) is 8.05. The maximum Gasteiger partial charge on any atom is 0.264 e. The third-order valence-corrected chi connectivity index (χ3v) is 7.75. The summed E-state index contributed by atoms with van der Waals surface area (Å²) in [6.07, 6.45) is 9.43. The highest BCUT2D eigenvalue weighted by Gasteiger charge is 2.29. The molecule has 0 atom stereocenters. The van der Waals surface area contributed by atoms with E-state index in [1.807, 2.05) is 25.3 Å². The summed E-state index contributed by atoms with van der Waals surface area (Å²) in [6.45, 7) is 5.39. The van der Waals surface area contributed by atoms with Crippen LogP contribution in [0.4, 0.5) is 0 Å². The van der Waals surface area contributed by atoms with Gasteiger partial charge in [-0.05, 0) is 38.1 Å². The highest BCUT2D eigenvalue weighted by atomic mass is 32.1. The maximum absolute atomic E-state index is 13.4. The van der Waals surface area contributed by atoms with Crippen molar-refractivity contribution in [3.63, 3.8) is 0 Å². The lowest BCUT2D eigenvalue weighted by Gasteiger charge is -2.34. The standard InChI is InChI=1S/C26H34N4O4S/c1-18(2)30-16-20(24(32)27-19-8-5-3-4-6-9-19)23(31)21(17-30)25(33)28-11-13-29(14-12-28)26(34)22-10-7-15-35-22/h7,10,15-19H,3-6,8-9,11-14H2,1-2H3,(H,27,32). The SMILES string of the molecule is CC(C)n1cc(C(=O)NC2CCCCCC2)c(=O)c(C(=O)N2CCN(C(=O)c3cccs3)CC2)c1. The van der Waals surface area contributed by atoms with E-state index in [4.69, 9.17) is 0 Å². The van der Waals surface area contributed by atoms with E-state index >= 15 is 0 Å². The number of thiophene rings is 1. The van der Waals surface area contributed by atoms with Gasteiger partial charge in [-0.2, -0.15) is 0 Å². The average Bonchev–Trinajstić information content (AvgIpc) is 3.28. The van der Waals surface area contributed by atoms with E-state index < -0.39 is 17.2 Å². The van der Waals surface area contributed by atoms with Gasteiger partial charge in [0.05, 0.1) is 4.88 Å². The van der Waals surface area contributed by atoms with Crippen LogP contribution < -0.4 is 10.7 Å². The smallest absolute Gasteiger partial charge is 0.264 e. The molecule has 1 N–H and O–H groups in total. The van der Waals surface area contributed by atoms with Crippen molar-refractivity contribution in [1.29, 1.82) is 0 Å². The van der Waals surface area contributed by atoms with E-state index in [1.165, 1.54) is 24.2 Å². The second-order valence-corrected chi connectivity index (χ2v) is 10.6. The summed E-state index contributed by atoms with van der Waals surface area (Å²) in [5.74, 6) is -0.833. The second-order valence-electron chi connectivity index (χ2n) is 9.68. The molecule has 1 aliphatic heterocycles. The van der Waals surface area contributed by atoms with Crippen LogP contribution in [0.5, 0.6) is 0 Å². The van der Waals surface area contributed by atoms with Gasteiger partial charge in [0.2, 0.25) is 5.43 Å². The van der Waals surface area contributed by atoms with Gasteiger partial charge in [0.15, 0.2) is 0 Å². The highest BCUT2D eigenvalue weighted by Crippen LogP contribution is 2.18. The van der Waals surface area contributed by atoms with Crippen LogP contribution in [-0.4, -0.2) is 64.3 Å². The van der Waals surface area contributed by atoms with E-state index in [-0.39, 0.29) is 29.1 Å². The van der Waals surface area contributed by atoms with Gasteiger partial charge in [-0.15, -0.1) is 11.3 Å². The van der Waals surface area contributed by atoms with E-state index in [2.05, 4.69) is 5.32 Å². The van der Waals surface area contributed by atoms with Crippen LogP contribution in [0.1, 0.15) is 88.8 Å². The minimum absolute atomic E-state index is 0.00486. The first kappa shape index (κ1) is 25.2. The van der Waals surface area contributed by atoms with Crippen molar-refractivity contribution in [2.45, 2.75) is 64.5 Å². The number of hydrogen-bond donors (Lipinski definition) is 1. The van der Waals surface area contributed by atoms with Gasteiger partial charge in [0, 0.05) is 50.7 Å². The number of nitrogens with one attached hydrogen (secondary N) is 1. The van der Waals surface area contributed by atoms with Crippen molar-refractivity contribution in [2.24, 2.45) is 0 Å². The summed E-state index contributed by atoms with van der Waals surface area (Å²) in [7, 11) is 0. The molecule has 1 saturated carbocycles. The summed E-state index contributed by atoms with van der Waals surface area (Å²) in [5.41, 5.74) is -0.513. The van der Waals surface area contributed by atoms with Gasteiger partial charge < -0.3 is 19.7 Å². The van der Waals surface area contributed by atoms with Crippen molar-refractivity contribution in [3.8, 4) is 0 Å². The first-order valence-corrected chi connectivity index (χ1v) is 13.4. The Morgan fingerprint density at radius 3 is 2.09 bits per heavy atom. The van der Waals surface area contributed by atoms with Gasteiger partial charge in [0.25, 0.3) is 17.7 Å². The molecule has 0 bridgehead atoms. The fourth-order valence-electron chi connectivity index (χ4n) is 4.74. The van der Waals surface area contributed by atoms with Crippen LogP contribution >= 0.6 is 11.3 Å². The number of nitrogens with zero attached hydrogens (tertiary/aromatic N) is 3. The lowest BCUT2D eigenvalue weighted by Crippen LogP contribution is -2.51. The summed E-state index contributed by atoms with van der Waals surface area (Å²) in [5, 5.41) is 4.91. The lowest BCUT2D eigenvalue weighted by molar-refractivity contribution is 0.0536. The molecule has 0 spiro atoms. The first-order valence-electron chi connectivity index (χ1n) is 12.5. The van der Waals surface area contributed by atoms with Crippen molar-refractivity contribution < 1.29 is 14.4 Å². The third-order valence-electron chi connectivity index (χ3n) is 6.89. The molecule has 9 heteroatoms. The zero-order valence-electron chi connectivity index (χ0n) is 20.5. The zero-order valence-corrected chi connectivity index (χ0v) is 21.3. The Balaban J connectivity index is 1.51. The zero-order chi connectivity index (χ0) is 24.9. The minimum atomic E-state index is -0.532. The molecule has 1 saturated heterocycles. The van der Waals surface area contributed by atoms with Gasteiger partial charge in [0.1, 0.15) is 11.1 Å². The maximum atomic E-state index is 13.4. The van der Waals surface area contributed by atoms with E-state index in [1.54, 1.807) is 32.8 Å². The fourth-order valence-corrected chi connectivity index (χ4v) is 5.43. The van der Waals surface area contributed by atoms with Crippen molar-refractivity contribution in [1.82, 2.24) is 19.7 Å².